The summed E-state index contributed by atoms with van der Waals surface area (Å²) >= 11 is 0. The molecule has 19 aromatic rings. The second-order valence-corrected chi connectivity index (χ2v) is 28.3. The molecule has 2 aliphatic carbocycles. The zero-order valence-corrected chi connectivity index (χ0v) is 58.8. The molecule has 14 nitrogen and oxygen atoms in total. The second-order valence-electron chi connectivity index (χ2n) is 28.3. The van der Waals surface area contributed by atoms with E-state index >= 15 is 0 Å². The lowest BCUT2D eigenvalue weighted by Gasteiger charge is -2.22. The normalized spacial score (nSPS) is 12.8. The summed E-state index contributed by atoms with van der Waals surface area (Å²) in [5, 5.41) is 2.19. The number of hydrogen-bond acceptors (Lipinski definition) is 11. The van der Waals surface area contributed by atoms with Crippen molar-refractivity contribution in [1.82, 2.24) is 68.5 Å². The highest BCUT2D eigenvalue weighted by molar-refractivity contribution is 6.13. The number of pyridine rings is 2. The van der Waals surface area contributed by atoms with Crippen molar-refractivity contribution in [3.63, 3.8) is 0 Å². The van der Waals surface area contributed by atoms with Crippen molar-refractivity contribution in [3.05, 3.63) is 338 Å². The first-order chi connectivity index (χ1) is 52.6. The maximum atomic E-state index is 5.60. The van der Waals surface area contributed by atoms with Crippen LogP contribution < -0.4 is 0 Å². The van der Waals surface area contributed by atoms with Gasteiger partial charge in [-0.25, -0.2) is 54.8 Å². The van der Waals surface area contributed by atoms with Crippen LogP contribution in [0.4, 0.5) is 0 Å². The van der Waals surface area contributed by atoms with Gasteiger partial charge in [0.25, 0.3) is 0 Å². The Balaban J connectivity index is 0.000000151. The topological polar surface area (TPSA) is 157 Å². The van der Waals surface area contributed by atoms with Crippen molar-refractivity contribution >= 4 is 55.7 Å². The van der Waals surface area contributed by atoms with Crippen molar-refractivity contribution in [3.8, 4) is 118 Å². The van der Waals surface area contributed by atoms with Crippen molar-refractivity contribution in [2.75, 3.05) is 0 Å². The summed E-state index contributed by atoms with van der Waals surface area (Å²) in [5.41, 5.74) is 29.6. The van der Waals surface area contributed by atoms with Gasteiger partial charge in [0, 0.05) is 104 Å². The monoisotopic (exact) mass is 1410 g/mol. The Hall–Kier alpha value is -14.1. The van der Waals surface area contributed by atoms with Crippen LogP contribution in [0.5, 0.6) is 0 Å². The van der Waals surface area contributed by atoms with Gasteiger partial charge in [-0.3, -0.25) is 13.7 Å². The molecule has 8 aromatic heterocycles. The summed E-state index contributed by atoms with van der Waals surface area (Å²) in [6.07, 6.45) is 10.0. The number of rotatable bonds is 10. The largest absolute Gasteiger partial charge is 0.275 e. The van der Waals surface area contributed by atoms with Crippen molar-refractivity contribution in [2.24, 2.45) is 0 Å². The van der Waals surface area contributed by atoms with Crippen LogP contribution in [0.15, 0.2) is 316 Å². The standard InChI is InChI=1S/C54H40N2.C39H24N12.2CH4/c1-53(2)45-21-13-11-19-37(45)39-25-23-35(29-47(39)53)49-31-43(33-15-7-5-8-16-33)41-27-28-42-44(34-17-9-6-10-18-34)32-50(56-52(42)51(41)55-49)36-24-26-40-38-20-12-14-22-46(38)54(3,4)48(40)30-36;1-4-10-28(11-5-1)49-34(46-31-37(49)43-19-16-40-31)25-22-26(35-47-32-38(44-20-17-41-32)50(35)29-12-6-2-7-13-29)24-27(23-25)36-48-33-39(45-21-18-42-33)51(36)30-14-8-3-9-15-30;;/h5-32H,1-4H3;1-24H;2*1H4. The number of hydrogen-bond donors (Lipinski definition) is 0. The summed E-state index contributed by atoms with van der Waals surface area (Å²) in [6, 6.07) is 98.4. The third-order valence-electron chi connectivity index (χ3n) is 21.3. The number of nitrogens with zero attached hydrogens (tertiary/aromatic N) is 14. The Morgan fingerprint density at radius 1 is 0.239 bits per heavy atom. The molecule has 0 unspecified atom stereocenters. The fourth-order valence-corrected chi connectivity index (χ4v) is 16.2. The molecule has 0 N–H and O–H groups in total. The lowest BCUT2D eigenvalue weighted by Crippen LogP contribution is -2.15. The van der Waals surface area contributed by atoms with E-state index in [9.17, 15) is 0 Å². The van der Waals surface area contributed by atoms with Gasteiger partial charge in [0.05, 0.1) is 22.4 Å². The highest BCUT2D eigenvalue weighted by Gasteiger charge is 2.37. The molecule has 0 amide bonds. The summed E-state index contributed by atoms with van der Waals surface area (Å²) < 4.78 is 6.08. The molecule has 2 aliphatic rings. The first kappa shape index (κ1) is 66.8. The molecule has 0 fully saturated rings. The van der Waals surface area contributed by atoms with Gasteiger partial charge in [0.2, 0.25) is 0 Å². The lowest BCUT2D eigenvalue weighted by atomic mass is 9.81. The molecular weight excluding hydrogens is 1340 g/mol. The van der Waals surface area contributed by atoms with Gasteiger partial charge in [0.1, 0.15) is 17.5 Å². The van der Waals surface area contributed by atoms with E-state index in [1.807, 2.05) is 105 Å². The number of benzene rings is 11. The zero-order chi connectivity index (χ0) is 71.5. The molecule has 0 saturated carbocycles. The molecule has 0 spiro atoms. The molecule has 14 heteroatoms. The predicted octanol–water partition coefficient (Wildman–Crippen LogP) is 22.4. The van der Waals surface area contributed by atoms with Crippen LogP contribution in [0, 0.1) is 0 Å². The minimum atomic E-state index is -0.111. The molecule has 109 heavy (non-hydrogen) atoms. The molecule has 0 radical (unpaired) electrons. The van der Waals surface area contributed by atoms with Crippen LogP contribution in [0.1, 0.15) is 64.8 Å². The molecule has 0 saturated heterocycles. The first-order valence-corrected chi connectivity index (χ1v) is 35.9. The van der Waals surface area contributed by atoms with E-state index in [0.29, 0.717) is 51.4 Å². The van der Waals surface area contributed by atoms with E-state index in [1.54, 1.807) is 37.2 Å². The zero-order valence-electron chi connectivity index (χ0n) is 58.8. The first-order valence-electron chi connectivity index (χ1n) is 35.9. The van der Waals surface area contributed by atoms with Gasteiger partial charge in [-0.05, 0) is 146 Å². The van der Waals surface area contributed by atoms with Crippen LogP contribution in [0.25, 0.3) is 174 Å². The van der Waals surface area contributed by atoms with Gasteiger partial charge in [-0.1, -0.05) is 243 Å². The van der Waals surface area contributed by atoms with Gasteiger partial charge >= 0.3 is 0 Å². The quantitative estimate of drug-likeness (QED) is 0.120. The SMILES string of the molecule is C.C.CC1(C)c2ccccc2-c2ccc(-c3cc(-c4ccccc4)c4ccc5c(-c6ccccc6)cc(-c6ccc7c(c6)C(C)(C)c6ccccc6-7)nc5c4n3)cc21.c1ccc(-n2c(-c3cc(-c4nc5nccnc5n4-c4ccccc4)cc(-c4nc5nccnc5n4-c4ccccc4)c3)nc3nccnc32)cc1. The summed E-state index contributed by atoms with van der Waals surface area (Å²) in [6.45, 7) is 9.36. The number of para-hydroxylation sites is 3. The maximum Gasteiger partial charge on any atom is 0.198 e. The Bertz CT molecular complexity index is 6210. The highest BCUT2D eigenvalue weighted by Crippen LogP contribution is 2.52. The third kappa shape index (κ3) is 11.0. The molecule has 0 atom stereocenters. The van der Waals surface area contributed by atoms with Gasteiger partial charge < -0.3 is 0 Å². The lowest BCUT2D eigenvalue weighted by molar-refractivity contribution is 0.660. The van der Waals surface area contributed by atoms with Crippen LogP contribution in [-0.4, -0.2) is 68.5 Å². The molecule has 0 aliphatic heterocycles. The predicted molar refractivity (Wildman–Crippen MR) is 441 cm³/mol. The Labute approximate surface area is 630 Å². The van der Waals surface area contributed by atoms with Crippen LogP contribution in [0.3, 0.4) is 0 Å². The van der Waals surface area contributed by atoms with E-state index < -0.39 is 0 Å². The minimum absolute atomic E-state index is 0. The minimum Gasteiger partial charge on any atom is -0.275 e. The Kier molecular flexibility index (Phi) is 16.2. The number of fused-ring (bicyclic) bond motifs is 12. The van der Waals surface area contributed by atoms with Gasteiger partial charge in [0.15, 0.2) is 33.9 Å². The van der Waals surface area contributed by atoms with Crippen molar-refractivity contribution in [2.45, 2.75) is 53.4 Å². The molecule has 8 heterocycles. The van der Waals surface area contributed by atoms with Crippen molar-refractivity contribution < 1.29 is 0 Å². The molecule has 11 aromatic carbocycles. The van der Waals surface area contributed by atoms with Crippen LogP contribution in [0.2, 0.25) is 0 Å². The van der Waals surface area contributed by atoms with Gasteiger partial charge in [-0.15, -0.1) is 0 Å². The maximum absolute atomic E-state index is 5.60. The molecule has 0 bridgehead atoms. The fraction of sp³-hybridized carbons (Fsp3) is 0.0842. The molecular formula is C95H72N14. The highest BCUT2D eigenvalue weighted by atomic mass is 15.2. The third-order valence-corrected chi connectivity index (χ3v) is 21.3. The van der Waals surface area contributed by atoms with Gasteiger partial charge in [-0.2, -0.15) is 0 Å². The van der Waals surface area contributed by atoms with E-state index in [0.717, 1.165) is 100 Å². The smallest absolute Gasteiger partial charge is 0.198 e. The Morgan fingerprint density at radius 3 is 0.890 bits per heavy atom. The summed E-state index contributed by atoms with van der Waals surface area (Å²) in [4.78, 5) is 54.2. The second kappa shape index (κ2) is 26.5. The Morgan fingerprint density at radius 2 is 0.541 bits per heavy atom. The molecule has 21 rings (SSSR count). The number of imidazole rings is 3. The van der Waals surface area contributed by atoms with E-state index in [4.69, 9.17) is 39.9 Å². The summed E-state index contributed by atoms with van der Waals surface area (Å²) in [7, 11) is 0. The van der Waals surface area contributed by atoms with E-state index in [2.05, 4.69) is 231 Å². The fourth-order valence-electron chi connectivity index (χ4n) is 16.2. The summed E-state index contributed by atoms with van der Waals surface area (Å²) in [5.74, 6) is 1.97. The van der Waals surface area contributed by atoms with Crippen molar-refractivity contribution in [1.29, 1.82) is 0 Å². The number of aromatic nitrogens is 14. The van der Waals surface area contributed by atoms with Crippen LogP contribution >= 0.6 is 0 Å². The molecule has 522 valence electrons. The van der Waals surface area contributed by atoms with Crippen LogP contribution in [-0.2, 0) is 10.8 Å². The van der Waals surface area contributed by atoms with E-state index in [1.165, 1.54) is 44.5 Å². The average Bonchev–Trinajstić information content (AvgIpc) is 1.69. The average molecular weight is 1410 g/mol. The van der Waals surface area contributed by atoms with E-state index in [-0.39, 0.29) is 25.7 Å².